The average Bonchev–Trinajstić information content (AvgIpc) is 3.63. The van der Waals surface area contributed by atoms with E-state index in [1.165, 1.54) is 17.4 Å². The van der Waals surface area contributed by atoms with Crippen LogP contribution < -0.4 is 15.6 Å². The number of methoxy groups -OCH3 is 1. The van der Waals surface area contributed by atoms with E-state index in [-0.39, 0.29) is 11.5 Å². The zero-order valence-corrected chi connectivity index (χ0v) is 18.7. The maximum atomic E-state index is 12.8. The summed E-state index contributed by atoms with van der Waals surface area (Å²) in [5.41, 5.74) is 1.67. The fourth-order valence-corrected chi connectivity index (χ4v) is 3.62. The van der Waals surface area contributed by atoms with E-state index in [1.54, 1.807) is 31.5 Å². The Morgan fingerprint density at radius 2 is 2.16 bits per heavy atom. The highest BCUT2D eigenvalue weighted by Gasteiger charge is 2.22. The van der Waals surface area contributed by atoms with Gasteiger partial charge in [-0.05, 0) is 61.2 Å². The molecular formula is C23H26N4O4S. The quantitative estimate of drug-likeness (QED) is 0.361. The summed E-state index contributed by atoms with van der Waals surface area (Å²) in [6.07, 6.45) is 4.85. The van der Waals surface area contributed by atoms with Crippen molar-refractivity contribution in [1.82, 2.24) is 19.9 Å². The van der Waals surface area contributed by atoms with Gasteiger partial charge >= 0.3 is 0 Å². The van der Waals surface area contributed by atoms with Crippen LogP contribution in [0, 0.1) is 10.7 Å². The summed E-state index contributed by atoms with van der Waals surface area (Å²) in [7, 11) is 1.62. The number of aromatic amines is 1. The molecule has 0 spiro atoms. The number of carbonyl (C=O) groups is 1. The molecule has 9 heteroatoms. The number of benzene rings is 1. The second-order valence-electron chi connectivity index (χ2n) is 7.94. The maximum Gasteiger partial charge on any atom is 0.262 e. The van der Waals surface area contributed by atoms with Crippen molar-refractivity contribution in [2.75, 3.05) is 20.3 Å². The summed E-state index contributed by atoms with van der Waals surface area (Å²) >= 11 is 5.34. The summed E-state index contributed by atoms with van der Waals surface area (Å²) in [6, 6.07) is 8.64. The molecule has 1 amide bonds. The topological polar surface area (TPSA) is 98.2 Å². The number of amides is 1. The lowest BCUT2D eigenvalue weighted by atomic mass is 10.1. The van der Waals surface area contributed by atoms with E-state index in [2.05, 4.69) is 15.3 Å². The highest BCUT2D eigenvalue weighted by atomic mass is 32.1. The molecule has 0 radical (unpaired) electrons. The predicted octanol–water partition coefficient (Wildman–Crippen LogP) is 3.21. The van der Waals surface area contributed by atoms with E-state index in [9.17, 15) is 9.59 Å². The van der Waals surface area contributed by atoms with Gasteiger partial charge in [0.2, 0.25) is 5.88 Å². The Balaban J connectivity index is 1.41. The molecule has 0 aliphatic heterocycles. The lowest BCUT2D eigenvalue weighted by Crippen LogP contribution is -2.24. The second-order valence-corrected chi connectivity index (χ2v) is 8.32. The van der Waals surface area contributed by atoms with Crippen LogP contribution >= 0.6 is 12.2 Å². The average molecular weight is 455 g/mol. The minimum absolute atomic E-state index is 0.179. The maximum absolute atomic E-state index is 12.8. The van der Waals surface area contributed by atoms with Crippen molar-refractivity contribution in [1.29, 1.82) is 0 Å². The van der Waals surface area contributed by atoms with E-state index in [4.69, 9.17) is 21.7 Å². The molecule has 2 heterocycles. The van der Waals surface area contributed by atoms with E-state index in [0.29, 0.717) is 65.8 Å². The van der Waals surface area contributed by atoms with Gasteiger partial charge in [-0.1, -0.05) is 6.07 Å². The number of nitrogens with zero attached hydrogens (tertiary/aromatic N) is 2. The number of carbonyl (C=O) groups excluding carboxylic acids is 1. The largest absolute Gasteiger partial charge is 0.477 e. The molecule has 0 saturated heterocycles. The first-order chi connectivity index (χ1) is 15.5. The molecule has 2 N–H and O–H groups in total. The van der Waals surface area contributed by atoms with Crippen LogP contribution in [-0.2, 0) is 17.8 Å². The normalized spacial score (nSPS) is 13.3. The molecule has 0 bridgehead atoms. The fourth-order valence-electron chi connectivity index (χ4n) is 3.34. The molecule has 1 fully saturated rings. The minimum atomic E-state index is -0.246. The monoisotopic (exact) mass is 454 g/mol. The van der Waals surface area contributed by atoms with Crippen LogP contribution in [0.15, 0.2) is 41.3 Å². The number of nitrogens with one attached hydrogen (secondary N) is 2. The summed E-state index contributed by atoms with van der Waals surface area (Å²) in [6.45, 7) is 2.07. The molecule has 1 saturated carbocycles. The third kappa shape index (κ3) is 5.41. The van der Waals surface area contributed by atoms with E-state index >= 15 is 0 Å². The van der Waals surface area contributed by atoms with Gasteiger partial charge in [0.15, 0.2) is 4.77 Å². The summed E-state index contributed by atoms with van der Waals surface area (Å²) in [5.74, 6) is 1.03. The number of hydrogen-bond acceptors (Lipinski definition) is 6. The van der Waals surface area contributed by atoms with Crippen molar-refractivity contribution in [2.45, 2.75) is 32.4 Å². The molecule has 3 aromatic rings. The Morgan fingerprint density at radius 3 is 2.88 bits per heavy atom. The van der Waals surface area contributed by atoms with Gasteiger partial charge in [-0.2, -0.15) is 0 Å². The highest BCUT2D eigenvalue weighted by molar-refractivity contribution is 7.71. The SMILES string of the molecule is COCCCn1c(=S)[nH]c2cc(C(=O)NCc3ccc(OCC4CC4)nc3)ccc2c1=O. The van der Waals surface area contributed by atoms with Crippen LogP contribution in [0.3, 0.4) is 0 Å². The molecule has 8 nitrogen and oxygen atoms in total. The molecule has 168 valence electrons. The minimum Gasteiger partial charge on any atom is -0.477 e. The first-order valence-corrected chi connectivity index (χ1v) is 11.1. The standard InChI is InChI=1S/C23H26N4O4S/c1-30-10-2-9-27-22(29)18-7-6-17(11-19(18)26-23(27)32)21(28)25-13-16-5-8-20(24-12-16)31-14-15-3-4-15/h5-8,11-12,15H,2-4,9-10,13-14H2,1H3,(H,25,28)(H,26,32). The van der Waals surface area contributed by atoms with Gasteiger partial charge in [-0.15, -0.1) is 0 Å². The second kappa shape index (κ2) is 10.1. The lowest BCUT2D eigenvalue weighted by Gasteiger charge is -2.10. The van der Waals surface area contributed by atoms with Gasteiger partial charge in [0.25, 0.3) is 11.5 Å². The Morgan fingerprint density at radius 1 is 1.31 bits per heavy atom. The molecule has 2 aromatic heterocycles. The van der Waals surface area contributed by atoms with Crippen LogP contribution in [-0.4, -0.2) is 40.8 Å². The van der Waals surface area contributed by atoms with Gasteiger partial charge in [0.05, 0.1) is 17.5 Å². The Hall–Kier alpha value is -3.04. The van der Waals surface area contributed by atoms with Crippen LogP contribution in [0.25, 0.3) is 10.9 Å². The van der Waals surface area contributed by atoms with Crippen molar-refractivity contribution in [2.24, 2.45) is 5.92 Å². The third-order valence-electron chi connectivity index (χ3n) is 5.39. The van der Waals surface area contributed by atoms with Crippen LogP contribution in [0.2, 0.25) is 0 Å². The molecule has 0 atom stereocenters. The number of fused-ring (bicyclic) bond motifs is 1. The summed E-state index contributed by atoms with van der Waals surface area (Å²) in [4.78, 5) is 32.7. The molecular weight excluding hydrogens is 428 g/mol. The zero-order valence-electron chi connectivity index (χ0n) is 17.9. The fraction of sp³-hybridized carbons (Fsp3) is 0.391. The first-order valence-electron chi connectivity index (χ1n) is 10.7. The lowest BCUT2D eigenvalue weighted by molar-refractivity contribution is 0.0951. The van der Waals surface area contributed by atoms with Crippen LogP contribution in [0.4, 0.5) is 0 Å². The van der Waals surface area contributed by atoms with E-state index in [1.807, 2.05) is 12.1 Å². The predicted molar refractivity (Wildman–Crippen MR) is 124 cm³/mol. The van der Waals surface area contributed by atoms with Gasteiger partial charge in [-0.25, -0.2) is 4.98 Å². The number of rotatable bonds is 10. The van der Waals surface area contributed by atoms with Crippen LogP contribution in [0.5, 0.6) is 5.88 Å². The number of pyridine rings is 1. The molecule has 0 unspecified atom stereocenters. The van der Waals surface area contributed by atoms with Crippen molar-refractivity contribution in [3.63, 3.8) is 0 Å². The van der Waals surface area contributed by atoms with Crippen molar-refractivity contribution < 1.29 is 14.3 Å². The highest BCUT2D eigenvalue weighted by Crippen LogP contribution is 2.29. The van der Waals surface area contributed by atoms with Crippen LogP contribution in [0.1, 0.15) is 35.2 Å². The van der Waals surface area contributed by atoms with E-state index < -0.39 is 0 Å². The van der Waals surface area contributed by atoms with Gasteiger partial charge in [0, 0.05) is 44.6 Å². The number of aromatic nitrogens is 3. The molecule has 1 aromatic carbocycles. The van der Waals surface area contributed by atoms with Crippen molar-refractivity contribution in [3.8, 4) is 5.88 Å². The molecule has 1 aliphatic rings. The van der Waals surface area contributed by atoms with Crippen molar-refractivity contribution >= 4 is 29.0 Å². The molecule has 4 rings (SSSR count). The molecule has 32 heavy (non-hydrogen) atoms. The van der Waals surface area contributed by atoms with Gasteiger partial charge < -0.3 is 19.8 Å². The number of H-pyrrole nitrogens is 1. The van der Waals surface area contributed by atoms with E-state index in [0.717, 1.165) is 5.56 Å². The third-order valence-corrected chi connectivity index (χ3v) is 5.71. The Bertz CT molecular complexity index is 1220. The summed E-state index contributed by atoms with van der Waals surface area (Å²) in [5, 5.41) is 3.36. The Kier molecular flexibility index (Phi) is 6.96. The van der Waals surface area contributed by atoms with Crippen molar-refractivity contribution in [3.05, 3.63) is 62.8 Å². The Labute approximate surface area is 190 Å². The summed E-state index contributed by atoms with van der Waals surface area (Å²) < 4.78 is 12.5. The van der Waals surface area contributed by atoms with Gasteiger partial charge in [0.1, 0.15) is 0 Å². The first kappa shape index (κ1) is 22.2. The smallest absolute Gasteiger partial charge is 0.262 e. The number of ether oxygens (including phenoxy) is 2. The number of hydrogen-bond donors (Lipinski definition) is 2. The van der Waals surface area contributed by atoms with Gasteiger partial charge in [-0.3, -0.25) is 14.2 Å². The molecule has 1 aliphatic carbocycles. The zero-order chi connectivity index (χ0) is 22.5.